The highest BCUT2D eigenvalue weighted by Crippen LogP contribution is 2.29. The molecule has 7 nitrogen and oxygen atoms in total. The van der Waals surface area contributed by atoms with Crippen molar-refractivity contribution in [3.8, 4) is 0 Å². The van der Waals surface area contributed by atoms with Gasteiger partial charge in [-0.15, -0.1) is 0 Å². The summed E-state index contributed by atoms with van der Waals surface area (Å²) in [5, 5.41) is 0. The molecule has 0 aromatic heterocycles. The number of carbonyl (C=O) groups is 1. The largest absolute Gasteiger partial charge is 0.280 e. The first-order valence-corrected chi connectivity index (χ1v) is 12.2. The quantitative estimate of drug-likeness (QED) is 0.794. The molecule has 0 aliphatic carbocycles. The van der Waals surface area contributed by atoms with Crippen LogP contribution in [0.1, 0.15) is 33.3 Å². The molecule has 1 aliphatic rings. The number of anilines is 2. The SMILES string of the molecule is C[C@H]1CS(=O)(=O)N(c2ccc(S(=O)(=O)Nc3ccc(C(C)(C)C)cc3)cc2)C1=O. The standard InChI is InChI=1S/C20H24N2O5S2/c1-14-13-28(24,25)22(19(14)23)17-9-11-18(12-10-17)29(26,27)21-16-7-5-15(6-8-16)20(2,3)4/h5-12,14,21H,13H2,1-4H3/t14-/m0/s1. The maximum atomic E-state index is 12.6. The van der Waals surface area contributed by atoms with Crippen LogP contribution in [-0.2, 0) is 30.3 Å². The minimum atomic E-state index is -3.86. The first-order chi connectivity index (χ1) is 13.3. The van der Waals surface area contributed by atoms with Gasteiger partial charge in [-0.05, 0) is 47.4 Å². The van der Waals surface area contributed by atoms with E-state index in [0.717, 1.165) is 9.87 Å². The van der Waals surface area contributed by atoms with Crippen molar-refractivity contribution in [2.75, 3.05) is 14.8 Å². The fraction of sp³-hybridized carbons (Fsp3) is 0.350. The zero-order valence-electron chi connectivity index (χ0n) is 16.7. The Morgan fingerprint density at radius 3 is 2.00 bits per heavy atom. The fourth-order valence-electron chi connectivity index (χ4n) is 3.10. The number of carbonyl (C=O) groups excluding carboxylic acids is 1. The summed E-state index contributed by atoms with van der Waals surface area (Å²) < 4.78 is 52.9. The van der Waals surface area contributed by atoms with Crippen molar-refractivity contribution in [3.63, 3.8) is 0 Å². The van der Waals surface area contributed by atoms with Gasteiger partial charge in [0.1, 0.15) is 0 Å². The summed E-state index contributed by atoms with van der Waals surface area (Å²) in [5.41, 5.74) is 1.59. The highest BCUT2D eigenvalue weighted by atomic mass is 32.2. The van der Waals surface area contributed by atoms with Gasteiger partial charge in [-0.3, -0.25) is 9.52 Å². The van der Waals surface area contributed by atoms with Gasteiger partial charge in [0.15, 0.2) is 0 Å². The Hall–Kier alpha value is -2.39. The van der Waals surface area contributed by atoms with Crippen LogP contribution in [-0.4, -0.2) is 28.5 Å². The van der Waals surface area contributed by atoms with Gasteiger partial charge < -0.3 is 0 Å². The molecule has 9 heteroatoms. The topological polar surface area (TPSA) is 101 Å². The number of benzene rings is 2. The smallest absolute Gasteiger partial charge is 0.261 e. The lowest BCUT2D eigenvalue weighted by atomic mass is 9.87. The lowest BCUT2D eigenvalue weighted by Gasteiger charge is -2.19. The van der Waals surface area contributed by atoms with Gasteiger partial charge in [0, 0.05) is 5.69 Å². The lowest BCUT2D eigenvalue weighted by Crippen LogP contribution is -2.30. The van der Waals surface area contributed by atoms with E-state index in [1.54, 1.807) is 19.1 Å². The Morgan fingerprint density at radius 2 is 1.55 bits per heavy atom. The Labute approximate surface area is 171 Å². The van der Waals surface area contributed by atoms with Crippen LogP contribution in [0.2, 0.25) is 0 Å². The molecule has 1 fully saturated rings. The van der Waals surface area contributed by atoms with E-state index in [2.05, 4.69) is 25.5 Å². The van der Waals surface area contributed by atoms with Crippen LogP contribution in [0.3, 0.4) is 0 Å². The minimum Gasteiger partial charge on any atom is -0.280 e. The molecule has 156 valence electrons. The molecule has 0 spiro atoms. The number of nitrogens with zero attached hydrogens (tertiary/aromatic N) is 1. The first kappa shape index (κ1) is 21.3. The zero-order chi connectivity index (χ0) is 21.6. The van der Waals surface area contributed by atoms with Gasteiger partial charge in [0.25, 0.3) is 10.0 Å². The Kier molecular flexibility index (Phi) is 5.25. The molecule has 0 unspecified atom stereocenters. The summed E-state index contributed by atoms with van der Waals surface area (Å²) >= 11 is 0. The molecule has 2 aromatic rings. The zero-order valence-corrected chi connectivity index (χ0v) is 18.3. The molecule has 0 radical (unpaired) electrons. The van der Waals surface area contributed by atoms with Crippen molar-refractivity contribution in [1.29, 1.82) is 0 Å². The van der Waals surface area contributed by atoms with Gasteiger partial charge in [-0.1, -0.05) is 39.8 Å². The summed E-state index contributed by atoms with van der Waals surface area (Å²) in [7, 11) is -7.59. The third kappa shape index (κ3) is 4.30. The van der Waals surface area contributed by atoms with Crippen molar-refractivity contribution >= 4 is 37.3 Å². The predicted octanol–water partition coefficient (Wildman–Crippen LogP) is 3.10. The number of amides is 1. The number of hydrogen-bond acceptors (Lipinski definition) is 5. The van der Waals surface area contributed by atoms with Crippen LogP contribution in [0, 0.1) is 5.92 Å². The van der Waals surface area contributed by atoms with E-state index >= 15 is 0 Å². The van der Waals surface area contributed by atoms with Crippen LogP contribution in [0.5, 0.6) is 0 Å². The van der Waals surface area contributed by atoms with Crippen LogP contribution < -0.4 is 9.03 Å². The molecule has 1 N–H and O–H groups in total. The number of rotatable bonds is 4. The average molecular weight is 437 g/mol. The predicted molar refractivity (Wildman–Crippen MR) is 113 cm³/mol. The van der Waals surface area contributed by atoms with E-state index in [-0.39, 0.29) is 21.8 Å². The Balaban J connectivity index is 1.83. The van der Waals surface area contributed by atoms with Gasteiger partial charge in [0.2, 0.25) is 15.9 Å². The maximum absolute atomic E-state index is 12.6. The summed E-state index contributed by atoms with van der Waals surface area (Å²) in [6.45, 7) is 7.76. The summed E-state index contributed by atoms with van der Waals surface area (Å²) in [4.78, 5) is 12.1. The van der Waals surface area contributed by atoms with E-state index in [1.165, 1.54) is 24.3 Å². The molecular weight excluding hydrogens is 412 g/mol. The molecule has 29 heavy (non-hydrogen) atoms. The van der Waals surface area contributed by atoms with Crippen LogP contribution in [0.4, 0.5) is 11.4 Å². The lowest BCUT2D eigenvalue weighted by molar-refractivity contribution is -0.119. The number of hydrogen-bond donors (Lipinski definition) is 1. The molecular formula is C20H24N2O5S2. The van der Waals surface area contributed by atoms with Crippen molar-refractivity contribution in [2.24, 2.45) is 5.92 Å². The molecule has 1 atom stereocenters. The van der Waals surface area contributed by atoms with Gasteiger partial charge in [0.05, 0.1) is 22.3 Å². The van der Waals surface area contributed by atoms with Crippen molar-refractivity contribution in [2.45, 2.75) is 38.0 Å². The Bertz CT molecular complexity index is 1130. The molecule has 1 amide bonds. The number of sulfonamides is 2. The van der Waals surface area contributed by atoms with Gasteiger partial charge in [-0.25, -0.2) is 21.1 Å². The van der Waals surface area contributed by atoms with Gasteiger partial charge in [-0.2, -0.15) is 0 Å². The van der Waals surface area contributed by atoms with E-state index in [1.807, 2.05) is 12.1 Å². The summed E-state index contributed by atoms with van der Waals surface area (Å²) in [5.74, 6) is -1.39. The van der Waals surface area contributed by atoms with Crippen molar-refractivity contribution in [3.05, 3.63) is 54.1 Å². The fourth-order valence-corrected chi connectivity index (χ4v) is 5.98. The summed E-state index contributed by atoms with van der Waals surface area (Å²) in [6, 6.07) is 12.3. The Morgan fingerprint density at radius 1 is 1.00 bits per heavy atom. The first-order valence-electron chi connectivity index (χ1n) is 9.11. The maximum Gasteiger partial charge on any atom is 0.261 e. The second kappa shape index (κ2) is 7.14. The van der Waals surface area contributed by atoms with E-state index in [9.17, 15) is 21.6 Å². The van der Waals surface area contributed by atoms with Crippen LogP contribution >= 0.6 is 0 Å². The number of nitrogens with one attached hydrogen (secondary N) is 1. The summed E-state index contributed by atoms with van der Waals surface area (Å²) in [6.07, 6.45) is 0. The second-order valence-electron chi connectivity index (χ2n) is 8.21. The van der Waals surface area contributed by atoms with Crippen LogP contribution in [0.25, 0.3) is 0 Å². The average Bonchev–Trinajstić information content (AvgIpc) is 2.81. The molecule has 0 bridgehead atoms. The molecule has 1 aliphatic heterocycles. The minimum absolute atomic E-state index is 0.0294. The monoisotopic (exact) mass is 436 g/mol. The second-order valence-corrected chi connectivity index (χ2v) is 11.8. The van der Waals surface area contributed by atoms with Crippen molar-refractivity contribution in [1.82, 2.24) is 0 Å². The molecule has 2 aromatic carbocycles. The normalized spacial score (nSPS) is 19.4. The molecule has 1 saturated heterocycles. The highest BCUT2D eigenvalue weighted by molar-refractivity contribution is 7.94. The highest BCUT2D eigenvalue weighted by Gasteiger charge is 2.41. The van der Waals surface area contributed by atoms with Crippen molar-refractivity contribution < 1.29 is 21.6 Å². The molecule has 0 saturated carbocycles. The third-order valence-corrected chi connectivity index (χ3v) is 8.01. The van der Waals surface area contributed by atoms with E-state index in [0.29, 0.717) is 5.69 Å². The van der Waals surface area contributed by atoms with E-state index in [4.69, 9.17) is 0 Å². The molecule has 3 rings (SSSR count). The molecule has 1 heterocycles. The third-order valence-electron chi connectivity index (χ3n) is 4.75. The van der Waals surface area contributed by atoms with Gasteiger partial charge >= 0.3 is 0 Å². The van der Waals surface area contributed by atoms with Crippen LogP contribution in [0.15, 0.2) is 53.4 Å². The van der Waals surface area contributed by atoms with E-state index < -0.39 is 31.9 Å².